The van der Waals surface area contributed by atoms with Crippen LogP contribution in [0.4, 0.5) is 0 Å². The van der Waals surface area contributed by atoms with E-state index in [1.807, 2.05) is 95.8 Å². The van der Waals surface area contributed by atoms with E-state index in [9.17, 15) is 0 Å². The van der Waals surface area contributed by atoms with E-state index in [4.69, 9.17) is 0 Å². The molecule has 5 aliphatic heterocycles. The highest BCUT2D eigenvalue weighted by molar-refractivity contribution is 7.07. The summed E-state index contributed by atoms with van der Waals surface area (Å²) in [6, 6.07) is 4.04. The molecule has 0 aromatic carbocycles. The van der Waals surface area contributed by atoms with Crippen molar-refractivity contribution in [1.82, 2.24) is 0 Å². The van der Waals surface area contributed by atoms with Gasteiger partial charge in [-0.1, -0.05) is 12.1 Å². The molecule has 0 atom stereocenters. The van der Waals surface area contributed by atoms with E-state index in [2.05, 4.69) is 20.0 Å². The lowest BCUT2D eigenvalue weighted by atomic mass is 10.2. The normalized spacial score (nSPS) is 20.1. The zero-order valence-corrected chi connectivity index (χ0v) is 16.3. The number of rotatable bonds is 0. The number of thiophene rings is 1. The molecule has 0 aliphatic carbocycles. The standard InChI is InChI=1S/C20H12N4.C4H4S/c1-2-14-10-16-5-6-18(23-16)12-20-8-7-19(24-20)11-17-4-3-15(22-17)9-13(1)21-14;1-2-4-5-3-1/h1-12H;1-4H. The van der Waals surface area contributed by atoms with E-state index < -0.39 is 0 Å². The van der Waals surface area contributed by atoms with Crippen molar-refractivity contribution in [2.75, 3.05) is 0 Å². The van der Waals surface area contributed by atoms with Crippen LogP contribution >= 0.6 is 11.3 Å². The lowest BCUT2D eigenvalue weighted by molar-refractivity contribution is 1.41. The zero-order valence-electron chi connectivity index (χ0n) is 15.4. The molecule has 0 amide bonds. The van der Waals surface area contributed by atoms with Gasteiger partial charge < -0.3 is 0 Å². The third-order valence-electron chi connectivity index (χ3n) is 4.34. The molecule has 0 saturated heterocycles. The fourth-order valence-electron chi connectivity index (χ4n) is 3.05. The predicted octanol–water partition coefficient (Wildman–Crippen LogP) is 5.33. The van der Waals surface area contributed by atoms with Gasteiger partial charge in [0.25, 0.3) is 0 Å². The molecule has 5 aliphatic rings. The van der Waals surface area contributed by atoms with Crippen molar-refractivity contribution >= 4 is 34.2 Å². The summed E-state index contributed by atoms with van der Waals surface area (Å²) in [5.41, 5.74) is 7.15. The molecular formula is C24H16N4S. The number of allylic oxidation sites excluding steroid dienone is 12. The predicted molar refractivity (Wildman–Crippen MR) is 123 cm³/mol. The van der Waals surface area contributed by atoms with Crippen LogP contribution in [0, 0.1) is 0 Å². The van der Waals surface area contributed by atoms with E-state index in [1.54, 1.807) is 11.3 Å². The van der Waals surface area contributed by atoms with E-state index in [-0.39, 0.29) is 0 Å². The Hall–Kier alpha value is -3.70. The Morgan fingerprint density at radius 3 is 0.966 bits per heavy atom. The first kappa shape index (κ1) is 17.4. The average Bonchev–Trinajstić information content (AvgIpc) is 3.50. The van der Waals surface area contributed by atoms with Crippen LogP contribution in [-0.4, -0.2) is 22.8 Å². The third-order valence-corrected chi connectivity index (χ3v) is 4.97. The first-order valence-corrected chi connectivity index (χ1v) is 10.2. The molecule has 8 bridgehead atoms. The Kier molecular flexibility index (Phi) is 4.64. The van der Waals surface area contributed by atoms with Gasteiger partial charge in [-0.3, -0.25) is 0 Å². The largest absolute Gasteiger partial charge is 0.249 e. The van der Waals surface area contributed by atoms with E-state index >= 15 is 0 Å². The van der Waals surface area contributed by atoms with Gasteiger partial charge in [-0.15, -0.1) is 0 Å². The highest BCUT2D eigenvalue weighted by Gasteiger charge is 2.11. The van der Waals surface area contributed by atoms with Gasteiger partial charge in [0.1, 0.15) is 0 Å². The average molecular weight is 392 g/mol. The molecule has 0 N–H and O–H groups in total. The van der Waals surface area contributed by atoms with Crippen LogP contribution in [0.5, 0.6) is 0 Å². The molecule has 29 heavy (non-hydrogen) atoms. The van der Waals surface area contributed by atoms with Gasteiger partial charge in [-0.2, -0.15) is 11.3 Å². The van der Waals surface area contributed by atoms with Crippen molar-refractivity contribution in [2.45, 2.75) is 0 Å². The smallest absolute Gasteiger partial charge is 0.0659 e. The maximum Gasteiger partial charge on any atom is 0.0659 e. The summed E-state index contributed by atoms with van der Waals surface area (Å²) in [6.07, 6.45) is 23.8. The molecule has 6 heterocycles. The number of hydrogen-bond donors (Lipinski definition) is 0. The van der Waals surface area contributed by atoms with Crippen molar-refractivity contribution in [3.63, 3.8) is 0 Å². The van der Waals surface area contributed by atoms with E-state index in [0.29, 0.717) is 0 Å². The van der Waals surface area contributed by atoms with Crippen molar-refractivity contribution in [3.05, 3.63) is 119 Å². The van der Waals surface area contributed by atoms with Crippen molar-refractivity contribution < 1.29 is 0 Å². The van der Waals surface area contributed by atoms with Crippen LogP contribution in [0.25, 0.3) is 0 Å². The molecule has 0 saturated carbocycles. The molecule has 4 nitrogen and oxygen atoms in total. The van der Waals surface area contributed by atoms with Crippen molar-refractivity contribution in [2.24, 2.45) is 20.0 Å². The van der Waals surface area contributed by atoms with Gasteiger partial charge in [-0.25, -0.2) is 20.0 Å². The summed E-state index contributed by atoms with van der Waals surface area (Å²) >= 11 is 1.71. The van der Waals surface area contributed by atoms with Gasteiger partial charge in [0.2, 0.25) is 0 Å². The van der Waals surface area contributed by atoms with E-state index in [1.165, 1.54) is 0 Å². The zero-order chi connectivity index (χ0) is 19.5. The Morgan fingerprint density at radius 2 is 0.724 bits per heavy atom. The molecule has 5 heteroatoms. The minimum atomic E-state index is 0.894. The Labute approximate surface area is 172 Å². The SMILES string of the molecule is C1=CC2=NC1=CC1=NC(=CC3=NC(=CC4=NC(=C2)C=C4)C=C3)C=C1.c1ccsc1. The second-order valence-electron chi connectivity index (χ2n) is 6.55. The van der Waals surface area contributed by atoms with Gasteiger partial charge in [0.15, 0.2) is 0 Å². The minimum absolute atomic E-state index is 0.894. The Bertz CT molecular complexity index is 1020. The molecular weight excluding hydrogens is 376 g/mol. The fourth-order valence-corrected chi connectivity index (χ4v) is 3.51. The number of hydrogen-bond acceptors (Lipinski definition) is 5. The first-order chi connectivity index (χ1) is 14.3. The van der Waals surface area contributed by atoms with Crippen LogP contribution in [-0.2, 0) is 0 Å². The van der Waals surface area contributed by atoms with Crippen LogP contribution in [0.15, 0.2) is 139 Å². The fraction of sp³-hybridized carbons (Fsp3) is 0. The van der Waals surface area contributed by atoms with Crippen LogP contribution in [0.1, 0.15) is 0 Å². The number of nitrogens with zero attached hydrogens (tertiary/aromatic N) is 4. The maximum atomic E-state index is 4.59. The quantitative estimate of drug-likeness (QED) is 0.573. The summed E-state index contributed by atoms with van der Waals surface area (Å²) in [6.45, 7) is 0. The summed E-state index contributed by atoms with van der Waals surface area (Å²) < 4.78 is 0. The maximum absolute atomic E-state index is 4.59. The van der Waals surface area contributed by atoms with Crippen molar-refractivity contribution in [3.8, 4) is 0 Å². The summed E-state index contributed by atoms with van der Waals surface area (Å²) in [4.78, 5) is 18.4. The van der Waals surface area contributed by atoms with Gasteiger partial charge >= 0.3 is 0 Å². The van der Waals surface area contributed by atoms with Crippen LogP contribution in [0.2, 0.25) is 0 Å². The lowest BCUT2D eigenvalue weighted by Crippen LogP contribution is -1.89. The third kappa shape index (κ3) is 4.25. The first-order valence-electron chi connectivity index (χ1n) is 9.21. The molecule has 0 spiro atoms. The van der Waals surface area contributed by atoms with Gasteiger partial charge in [-0.05, 0) is 83.7 Å². The molecule has 0 fully saturated rings. The Balaban J connectivity index is 0.000000319. The summed E-state index contributed by atoms with van der Waals surface area (Å²) in [5.74, 6) is 0. The minimum Gasteiger partial charge on any atom is -0.249 e. The lowest BCUT2D eigenvalue weighted by Gasteiger charge is -1.94. The molecule has 1 aromatic heterocycles. The second-order valence-corrected chi connectivity index (χ2v) is 7.37. The number of fused-ring (bicyclic) bond motifs is 4. The molecule has 138 valence electrons. The molecule has 0 radical (unpaired) electrons. The van der Waals surface area contributed by atoms with Crippen LogP contribution < -0.4 is 0 Å². The highest BCUT2D eigenvalue weighted by atomic mass is 32.1. The Morgan fingerprint density at radius 1 is 0.414 bits per heavy atom. The monoisotopic (exact) mass is 392 g/mol. The molecule has 1 aromatic rings. The van der Waals surface area contributed by atoms with Gasteiger partial charge in [0, 0.05) is 0 Å². The number of aliphatic imine (C=N–C) groups is 4. The second kappa shape index (κ2) is 7.73. The van der Waals surface area contributed by atoms with Crippen molar-refractivity contribution in [1.29, 1.82) is 0 Å². The summed E-state index contributed by atoms with van der Waals surface area (Å²) in [5, 5.41) is 4.08. The molecule has 0 unspecified atom stereocenters. The topological polar surface area (TPSA) is 49.4 Å². The van der Waals surface area contributed by atoms with Crippen LogP contribution in [0.3, 0.4) is 0 Å². The molecule has 6 rings (SSSR count). The highest BCUT2D eigenvalue weighted by Crippen LogP contribution is 2.20. The summed E-state index contributed by atoms with van der Waals surface area (Å²) in [7, 11) is 0. The van der Waals surface area contributed by atoms with E-state index in [0.717, 1.165) is 45.6 Å². The van der Waals surface area contributed by atoms with Gasteiger partial charge in [0.05, 0.1) is 45.6 Å².